The third kappa shape index (κ3) is 7.00. The summed E-state index contributed by atoms with van der Waals surface area (Å²) < 4.78 is 19.8. The van der Waals surface area contributed by atoms with Crippen LogP contribution in [0.4, 0.5) is 4.39 Å². The van der Waals surface area contributed by atoms with E-state index in [0.29, 0.717) is 5.92 Å². The van der Waals surface area contributed by atoms with E-state index in [4.69, 9.17) is 0 Å². The maximum atomic E-state index is 14.0. The Bertz CT molecular complexity index is 1810. The van der Waals surface area contributed by atoms with Crippen LogP contribution in [0.3, 0.4) is 0 Å². The average molecular weight is 717 g/mol. The molecule has 1 unspecified atom stereocenters. The molecule has 6 rings (SSSR count). The standard InChI is InChI=1S/C21H25.C13H13.C7H5F.2ClH.Zr/c1-20(2,3)16-9-7-14-11-15-8-10-17(21(4,5)6)13-19(15)18(14)12-16;1-10-8-11(2)13(9-10)12-6-4-3-5-7-12;1-6-2-4-7(8)5-3-6;;;/h7,9-10,12-13H,11H2,1-6H3;3-7,9-10H,1-2H3;1-5H;2*1H;/q;;;;;+2/p-2. The maximum absolute atomic E-state index is 14.0. The van der Waals surface area contributed by atoms with Crippen LogP contribution in [0.5, 0.6) is 0 Å². The van der Waals surface area contributed by atoms with Crippen molar-refractivity contribution in [1.82, 2.24) is 0 Å². The number of fused-ring (bicyclic) bond motifs is 3. The number of halogens is 3. The molecule has 4 heteroatoms. The van der Waals surface area contributed by atoms with E-state index in [2.05, 4.69) is 126 Å². The first-order valence-electron chi connectivity index (χ1n) is 15.6. The van der Waals surface area contributed by atoms with E-state index < -0.39 is 21.3 Å². The van der Waals surface area contributed by atoms with E-state index in [1.165, 1.54) is 50.1 Å². The van der Waals surface area contributed by atoms with Crippen LogP contribution in [0.15, 0.2) is 99.9 Å². The molecular formula is C41H43Cl2FZr. The summed E-state index contributed by atoms with van der Waals surface area (Å²) in [6.07, 6.45) is 3.47. The van der Waals surface area contributed by atoms with Crippen molar-refractivity contribution in [3.8, 4) is 11.1 Å². The molecule has 4 aromatic rings. The molecule has 2 aliphatic carbocycles. The molecule has 0 radical (unpaired) electrons. The molecule has 0 heterocycles. The van der Waals surface area contributed by atoms with Crippen molar-refractivity contribution in [1.29, 1.82) is 0 Å². The number of hydrogen-bond donors (Lipinski definition) is 0. The van der Waals surface area contributed by atoms with Crippen molar-refractivity contribution >= 4 is 12.6 Å². The second-order valence-electron chi connectivity index (χ2n) is 14.5. The SMILES string of the molecule is CC1=[C](/[Zr+2](=[CH]/c2ccc(F)cc2)[c]2cc(C(C)(C)C)cc3c2Cc2ccc(C(C)(C)C)cc2-3)C(C)C=C1c1ccccc1.[Cl-].[Cl-]. The molecule has 2 aliphatic rings. The van der Waals surface area contributed by atoms with E-state index in [0.717, 1.165) is 12.0 Å². The molecule has 0 aromatic heterocycles. The van der Waals surface area contributed by atoms with Gasteiger partial charge in [-0.25, -0.2) is 0 Å². The Kier molecular flexibility index (Phi) is 10.6. The minimum Gasteiger partial charge on any atom is -1.00 e. The molecule has 0 saturated carbocycles. The molecule has 0 amide bonds. The van der Waals surface area contributed by atoms with Gasteiger partial charge in [-0.05, 0) is 0 Å². The Balaban J connectivity index is 0.00000230. The number of hydrogen-bond acceptors (Lipinski definition) is 0. The molecule has 232 valence electrons. The van der Waals surface area contributed by atoms with Gasteiger partial charge in [-0.3, -0.25) is 0 Å². The van der Waals surface area contributed by atoms with Crippen molar-refractivity contribution < 1.29 is 50.5 Å². The summed E-state index contributed by atoms with van der Waals surface area (Å²) in [6.45, 7) is 18.7. The summed E-state index contributed by atoms with van der Waals surface area (Å²) in [5, 5.41) is 0. The smallest absolute Gasteiger partial charge is 1.00 e. The van der Waals surface area contributed by atoms with Crippen molar-refractivity contribution in [2.24, 2.45) is 5.92 Å². The maximum Gasteiger partial charge on any atom is -1.00 e. The van der Waals surface area contributed by atoms with Crippen molar-refractivity contribution in [2.75, 3.05) is 0 Å². The van der Waals surface area contributed by atoms with Crippen LogP contribution in [0.2, 0.25) is 0 Å². The van der Waals surface area contributed by atoms with Gasteiger partial charge in [0.15, 0.2) is 0 Å². The molecular weight excluding hydrogens is 674 g/mol. The van der Waals surface area contributed by atoms with Crippen molar-refractivity contribution in [3.05, 3.63) is 139 Å². The first kappa shape index (κ1) is 35.5. The number of benzene rings is 4. The van der Waals surface area contributed by atoms with Gasteiger partial charge in [-0.15, -0.1) is 0 Å². The van der Waals surface area contributed by atoms with E-state index in [1.807, 2.05) is 12.1 Å². The van der Waals surface area contributed by atoms with Crippen LogP contribution in [0.1, 0.15) is 88.8 Å². The molecule has 1 atom stereocenters. The Morgan fingerprint density at radius 2 is 1.38 bits per heavy atom. The largest absolute Gasteiger partial charge is 1.00 e. The predicted molar refractivity (Wildman–Crippen MR) is 180 cm³/mol. The van der Waals surface area contributed by atoms with Gasteiger partial charge in [0.05, 0.1) is 0 Å². The van der Waals surface area contributed by atoms with E-state index in [-0.39, 0.29) is 41.5 Å². The number of allylic oxidation sites excluding steroid dienone is 4. The van der Waals surface area contributed by atoms with Crippen LogP contribution in [-0.4, -0.2) is 3.71 Å². The molecule has 4 aromatic carbocycles. The van der Waals surface area contributed by atoms with Gasteiger partial charge in [0.1, 0.15) is 0 Å². The summed E-state index contributed by atoms with van der Waals surface area (Å²) in [5.41, 5.74) is 13.9. The van der Waals surface area contributed by atoms with Crippen LogP contribution in [0, 0.1) is 11.7 Å². The molecule has 0 bridgehead atoms. The van der Waals surface area contributed by atoms with E-state index >= 15 is 0 Å². The third-order valence-electron chi connectivity index (χ3n) is 9.28. The second kappa shape index (κ2) is 13.4. The minimum atomic E-state index is -2.72. The van der Waals surface area contributed by atoms with Gasteiger partial charge in [-0.1, -0.05) is 0 Å². The van der Waals surface area contributed by atoms with Crippen molar-refractivity contribution in [3.63, 3.8) is 0 Å². The fraction of sp³-hybridized carbons (Fsp3) is 0.293. The summed E-state index contributed by atoms with van der Waals surface area (Å²) in [7, 11) is 0. The van der Waals surface area contributed by atoms with Crippen LogP contribution in [-0.2, 0) is 38.5 Å². The van der Waals surface area contributed by atoms with E-state index in [1.54, 1.807) is 18.7 Å². The minimum absolute atomic E-state index is 0. The molecule has 0 nitrogen and oxygen atoms in total. The summed E-state index contributed by atoms with van der Waals surface area (Å²) in [4.78, 5) is 0. The molecule has 45 heavy (non-hydrogen) atoms. The van der Waals surface area contributed by atoms with Gasteiger partial charge in [-0.2, -0.15) is 0 Å². The monoisotopic (exact) mass is 714 g/mol. The van der Waals surface area contributed by atoms with Crippen LogP contribution < -0.4 is 28.1 Å². The van der Waals surface area contributed by atoms with Gasteiger partial charge in [0.25, 0.3) is 0 Å². The Hall–Kier alpha value is -2.38. The van der Waals surface area contributed by atoms with Gasteiger partial charge >= 0.3 is 267 Å². The fourth-order valence-electron chi connectivity index (χ4n) is 6.76. The Morgan fingerprint density at radius 3 is 2.00 bits per heavy atom. The first-order valence-corrected chi connectivity index (χ1v) is 19.5. The second-order valence-corrected chi connectivity index (χ2v) is 19.9. The zero-order valence-electron chi connectivity index (χ0n) is 27.7. The van der Waals surface area contributed by atoms with Crippen LogP contribution >= 0.6 is 0 Å². The normalized spacial score (nSPS) is 15.7. The van der Waals surface area contributed by atoms with Gasteiger partial charge in [0.2, 0.25) is 0 Å². The summed E-state index contributed by atoms with van der Waals surface area (Å²) in [6, 6.07) is 30.2. The average Bonchev–Trinajstić information content (AvgIpc) is 3.48. The number of rotatable bonds is 4. The van der Waals surface area contributed by atoms with Gasteiger partial charge < -0.3 is 24.8 Å². The molecule has 0 fully saturated rings. The first-order chi connectivity index (χ1) is 20.3. The quantitative estimate of drug-likeness (QED) is 0.263. The molecule has 0 N–H and O–H groups in total. The topological polar surface area (TPSA) is 0 Å². The fourth-order valence-corrected chi connectivity index (χ4v) is 14.4. The third-order valence-corrected chi connectivity index (χ3v) is 16.8. The zero-order chi connectivity index (χ0) is 30.7. The molecule has 0 aliphatic heterocycles. The Labute approximate surface area is 289 Å². The van der Waals surface area contributed by atoms with E-state index in [9.17, 15) is 4.39 Å². The van der Waals surface area contributed by atoms with Gasteiger partial charge in [0, 0.05) is 0 Å². The molecule has 0 saturated heterocycles. The predicted octanol–water partition coefficient (Wildman–Crippen LogP) is 4.10. The summed E-state index contributed by atoms with van der Waals surface area (Å²) in [5.74, 6) is 0.187. The zero-order valence-corrected chi connectivity index (χ0v) is 31.6. The summed E-state index contributed by atoms with van der Waals surface area (Å²) >= 11 is -2.72. The molecule has 0 spiro atoms. The Morgan fingerprint density at radius 1 is 0.756 bits per heavy atom. The van der Waals surface area contributed by atoms with Crippen LogP contribution in [0.25, 0.3) is 16.7 Å². The van der Waals surface area contributed by atoms with Crippen molar-refractivity contribution in [2.45, 2.75) is 72.6 Å².